The average Bonchev–Trinajstić information content (AvgIpc) is 3.19. The molecular formula is C21H13F6N5O4S. The Morgan fingerprint density at radius 3 is 2.46 bits per heavy atom. The largest absolute Gasteiger partial charge is 0.419 e. The maximum absolute atomic E-state index is 14.1. The van der Waals surface area contributed by atoms with Crippen LogP contribution < -0.4 is 15.2 Å². The molecule has 4 aromatic rings. The maximum Gasteiger partial charge on any atom is 0.419 e. The van der Waals surface area contributed by atoms with Gasteiger partial charge in [-0.1, -0.05) is 12.1 Å². The van der Waals surface area contributed by atoms with E-state index in [1.54, 1.807) is 0 Å². The van der Waals surface area contributed by atoms with Crippen molar-refractivity contribution in [2.45, 2.75) is 17.5 Å². The summed E-state index contributed by atoms with van der Waals surface area (Å²) < 4.78 is 109. The molecule has 194 valence electrons. The molecule has 0 saturated carbocycles. The zero-order chi connectivity index (χ0) is 27.1. The number of benzene rings is 2. The van der Waals surface area contributed by atoms with Crippen molar-refractivity contribution in [1.29, 1.82) is 0 Å². The van der Waals surface area contributed by atoms with Crippen LogP contribution in [-0.4, -0.2) is 29.1 Å². The molecule has 9 nitrogen and oxygen atoms in total. The first-order chi connectivity index (χ1) is 17.2. The van der Waals surface area contributed by atoms with Crippen LogP contribution in [0.4, 0.5) is 36.8 Å². The van der Waals surface area contributed by atoms with Crippen molar-refractivity contribution in [2.24, 2.45) is 5.14 Å². The van der Waals surface area contributed by atoms with Crippen molar-refractivity contribution in [2.75, 3.05) is 5.32 Å². The Labute approximate surface area is 203 Å². The van der Waals surface area contributed by atoms with Gasteiger partial charge in [-0.05, 0) is 36.4 Å². The number of carbonyl (C=O) groups is 1. The van der Waals surface area contributed by atoms with Crippen LogP contribution in [0.5, 0.6) is 5.75 Å². The monoisotopic (exact) mass is 545 g/mol. The molecule has 2 aromatic heterocycles. The van der Waals surface area contributed by atoms with E-state index in [0.29, 0.717) is 16.6 Å². The number of carbonyl (C=O) groups excluding carboxylic acids is 1. The van der Waals surface area contributed by atoms with E-state index in [9.17, 15) is 39.6 Å². The van der Waals surface area contributed by atoms with Gasteiger partial charge < -0.3 is 4.74 Å². The second-order valence-electron chi connectivity index (χ2n) is 7.39. The van der Waals surface area contributed by atoms with Crippen molar-refractivity contribution >= 4 is 27.5 Å². The fourth-order valence-corrected chi connectivity index (χ4v) is 3.80. The molecule has 2 heterocycles. The molecule has 0 bridgehead atoms. The molecule has 0 aliphatic rings. The van der Waals surface area contributed by atoms with Gasteiger partial charge in [0.25, 0.3) is 6.43 Å². The number of anilines is 1. The molecule has 0 unspecified atom stereocenters. The fraction of sp³-hybridized carbons (Fsp3) is 0.0952. The van der Waals surface area contributed by atoms with E-state index >= 15 is 0 Å². The van der Waals surface area contributed by atoms with Gasteiger partial charge in [0, 0.05) is 11.3 Å². The van der Waals surface area contributed by atoms with Crippen LogP contribution in [0.2, 0.25) is 0 Å². The van der Waals surface area contributed by atoms with Gasteiger partial charge in [-0.3, -0.25) is 5.32 Å². The van der Waals surface area contributed by atoms with Crippen LogP contribution in [0.25, 0.3) is 16.9 Å². The molecule has 16 heteroatoms. The molecule has 0 aliphatic heterocycles. The molecule has 2 aromatic carbocycles. The van der Waals surface area contributed by atoms with E-state index < -0.39 is 57.2 Å². The number of alkyl halides is 5. The summed E-state index contributed by atoms with van der Waals surface area (Å²) in [6, 6.07) is 7.40. The van der Waals surface area contributed by atoms with Crippen LogP contribution in [0.1, 0.15) is 17.7 Å². The Morgan fingerprint density at radius 2 is 1.84 bits per heavy atom. The van der Waals surface area contributed by atoms with Crippen molar-refractivity contribution < 1.29 is 44.3 Å². The maximum atomic E-state index is 14.1. The molecule has 1 amide bonds. The highest BCUT2D eigenvalue weighted by atomic mass is 32.2. The number of fused-ring (bicyclic) bond motifs is 1. The summed E-state index contributed by atoms with van der Waals surface area (Å²) in [5.74, 6) is -2.08. The normalized spacial score (nSPS) is 12.2. The fourth-order valence-electron chi connectivity index (χ4n) is 3.24. The minimum absolute atomic E-state index is 0.0323. The highest BCUT2D eigenvalue weighted by molar-refractivity contribution is 7.89. The lowest BCUT2D eigenvalue weighted by atomic mass is 10.1. The predicted octanol–water partition coefficient (Wildman–Crippen LogP) is 4.75. The Kier molecular flexibility index (Phi) is 6.55. The number of nitrogens with one attached hydrogen (secondary N) is 1. The van der Waals surface area contributed by atoms with Gasteiger partial charge in [0.2, 0.25) is 10.0 Å². The predicted molar refractivity (Wildman–Crippen MR) is 116 cm³/mol. The van der Waals surface area contributed by atoms with Crippen LogP contribution in [-0.2, 0) is 16.2 Å². The number of amides is 1. The first-order valence-electron chi connectivity index (χ1n) is 9.89. The third kappa shape index (κ3) is 5.49. The highest BCUT2D eigenvalue weighted by Crippen LogP contribution is 2.34. The van der Waals surface area contributed by atoms with Gasteiger partial charge in [0.1, 0.15) is 11.5 Å². The minimum atomic E-state index is -4.97. The number of sulfonamides is 1. The third-order valence-corrected chi connectivity index (χ3v) is 5.78. The quantitative estimate of drug-likeness (QED) is 0.349. The first-order valence-corrected chi connectivity index (χ1v) is 11.4. The second-order valence-corrected chi connectivity index (χ2v) is 8.95. The standard InChI is InChI=1S/C21H13F6N5O4S/c22-14-6-10(4-5-13(14)21(25,26)27)15-8-16(18(23)24)32-19(31-15)17(9-29-32)36-20(33)30-11-2-1-3-12(7-11)37(28,34)35/h1-9,18H,(H,30,33)(H2,28,34,35). The molecule has 0 atom stereocenters. The third-order valence-electron chi connectivity index (χ3n) is 4.87. The van der Waals surface area contributed by atoms with E-state index in [1.807, 2.05) is 0 Å². The lowest BCUT2D eigenvalue weighted by Crippen LogP contribution is -2.18. The van der Waals surface area contributed by atoms with E-state index in [1.165, 1.54) is 18.2 Å². The molecule has 3 N–H and O–H groups in total. The Bertz CT molecular complexity index is 1620. The van der Waals surface area contributed by atoms with Gasteiger partial charge in [-0.15, -0.1) is 0 Å². The number of hydrogen-bond donors (Lipinski definition) is 2. The van der Waals surface area contributed by atoms with E-state index in [4.69, 9.17) is 9.88 Å². The van der Waals surface area contributed by atoms with Crippen molar-refractivity contribution in [3.63, 3.8) is 0 Å². The number of primary sulfonamides is 1. The van der Waals surface area contributed by atoms with E-state index in [0.717, 1.165) is 24.4 Å². The summed E-state index contributed by atoms with van der Waals surface area (Å²) in [7, 11) is -4.07. The summed E-state index contributed by atoms with van der Waals surface area (Å²) in [5, 5.41) is 11.0. The van der Waals surface area contributed by atoms with Gasteiger partial charge in [0.15, 0.2) is 11.4 Å². The van der Waals surface area contributed by atoms with Gasteiger partial charge in [-0.25, -0.2) is 41.0 Å². The van der Waals surface area contributed by atoms with E-state index in [2.05, 4.69) is 15.4 Å². The zero-order valence-electron chi connectivity index (χ0n) is 18.0. The topological polar surface area (TPSA) is 129 Å². The molecule has 0 spiro atoms. The highest BCUT2D eigenvalue weighted by Gasteiger charge is 2.34. The molecular weight excluding hydrogens is 532 g/mol. The summed E-state index contributed by atoms with van der Waals surface area (Å²) in [6.45, 7) is 0. The molecule has 0 radical (unpaired) electrons. The van der Waals surface area contributed by atoms with Crippen molar-refractivity contribution in [3.05, 3.63) is 71.8 Å². The van der Waals surface area contributed by atoms with Gasteiger partial charge in [0.05, 0.1) is 22.3 Å². The average molecular weight is 545 g/mol. The molecule has 0 fully saturated rings. The summed E-state index contributed by atoms with van der Waals surface area (Å²) in [4.78, 5) is 16.1. The van der Waals surface area contributed by atoms with Crippen LogP contribution >= 0.6 is 0 Å². The van der Waals surface area contributed by atoms with Crippen molar-refractivity contribution in [1.82, 2.24) is 14.6 Å². The summed E-state index contributed by atoms with van der Waals surface area (Å²) in [5.41, 5.74) is -3.38. The molecule has 37 heavy (non-hydrogen) atoms. The minimum Gasteiger partial charge on any atom is -0.404 e. The number of hydrogen-bond acceptors (Lipinski definition) is 6. The lowest BCUT2D eigenvalue weighted by molar-refractivity contribution is -0.139. The van der Waals surface area contributed by atoms with Crippen LogP contribution in [0.3, 0.4) is 0 Å². The Hall–Kier alpha value is -4.18. The molecule has 4 rings (SSSR count). The number of nitrogens with zero attached hydrogens (tertiary/aromatic N) is 3. The van der Waals surface area contributed by atoms with Crippen LogP contribution in [0, 0.1) is 5.82 Å². The lowest BCUT2D eigenvalue weighted by Gasteiger charge is -2.11. The number of nitrogens with two attached hydrogens (primary N) is 1. The SMILES string of the molecule is NS(=O)(=O)c1cccc(NC(=O)Oc2cnn3c(C(F)F)cc(-c4ccc(C(F)(F)F)c(F)c4)nc23)c1. The Morgan fingerprint density at radius 1 is 1.11 bits per heavy atom. The first kappa shape index (κ1) is 25.9. The molecule has 0 aliphatic carbocycles. The smallest absolute Gasteiger partial charge is 0.404 e. The number of rotatable bonds is 5. The number of ether oxygens (including phenoxy) is 1. The Balaban J connectivity index is 1.69. The van der Waals surface area contributed by atoms with Gasteiger partial charge >= 0.3 is 12.3 Å². The molecule has 0 saturated heterocycles. The van der Waals surface area contributed by atoms with Gasteiger partial charge in [-0.2, -0.15) is 18.3 Å². The summed E-state index contributed by atoms with van der Waals surface area (Å²) in [6.07, 6.45) is -8.42. The number of aromatic nitrogens is 3. The van der Waals surface area contributed by atoms with E-state index in [-0.39, 0.29) is 21.8 Å². The zero-order valence-corrected chi connectivity index (χ0v) is 18.8. The van der Waals surface area contributed by atoms with Crippen molar-refractivity contribution in [3.8, 4) is 17.0 Å². The summed E-state index contributed by atoms with van der Waals surface area (Å²) >= 11 is 0. The second kappa shape index (κ2) is 9.36. The van der Waals surface area contributed by atoms with Crippen LogP contribution in [0.15, 0.2) is 59.6 Å². The number of halogens is 6.